The van der Waals surface area contributed by atoms with Gasteiger partial charge in [0.1, 0.15) is 5.82 Å². The standard InChI is InChI=1S/C15H19N5O2S/c1-10(2)14-18-17-13(19(14)3)9-20-12-8-6-5-7-11(12)16-15(20)23(4,21)22/h5-8,10H,9H2,1-4H3. The molecule has 1 aromatic carbocycles. The van der Waals surface area contributed by atoms with Crippen molar-refractivity contribution in [3.05, 3.63) is 35.9 Å². The summed E-state index contributed by atoms with van der Waals surface area (Å²) in [6, 6.07) is 7.36. The molecule has 0 aliphatic heterocycles. The summed E-state index contributed by atoms with van der Waals surface area (Å²) in [5.41, 5.74) is 1.42. The van der Waals surface area contributed by atoms with Crippen molar-refractivity contribution in [3.63, 3.8) is 0 Å². The highest BCUT2D eigenvalue weighted by Crippen LogP contribution is 2.21. The van der Waals surface area contributed by atoms with Crippen LogP contribution in [0.3, 0.4) is 0 Å². The third-order valence-electron chi connectivity index (χ3n) is 3.77. The molecule has 0 atom stereocenters. The van der Waals surface area contributed by atoms with Gasteiger partial charge in [0.25, 0.3) is 0 Å². The summed E-state index contributed by atoms with van der Waals surface area (Å²) in [5, 5.41) is 8.46. The van der Waals surface area contributed by atoms with E-state index in [1.807, 2.05) is 43.7 Å². The molecule has 0 spiro atoms. The Morgan fingerprint density at radius 1 is 1.17 bits per heavy atom. The Balaban J connectivity index is 2.16. The second-order valence-corrected chi connectivity index (χ2v) is 7.84. The number of hydrogen-bond donors (Lipinski definition) is 0. The number of nitrogens with zero attached hydrogens (tertiary/aromatic N) is 5. The minimum Gasteiger partial charge on any atom is -0.316 e. The number of para-hydroxylation sites is 2. The third-order valence-corrected chi connectivity index (χ3v) is 4.74. The lowest BCUT2D eigenvalue weighted by molar-refractivity contribution is 0.574. The molecule has 0 saturated heterocycles. The van der Waals surface area contributed by atoms with E-state index in [-0.39, 0.29) is 11.1 Å². The van der Waals surface area contributed by atoms with Gasteiger partial charge in [-0.15, -0.1) is 10.2 Å². The Kier molecular flexibility index (Phi) is 3.71. The van der Waals surface area contributed by atoms with Crippen LogP contribution in [-0.2, 0) is 23.4 Å². The molecule has 23 heavy (non-hydrogen) atoms. The van der Waals surface area contributed by atoms with Crippen LogP contribution < -0.4 is 0 Å². The molecule has 122 valence electrons. The smallest absolute Gasteiger partial charge is 0.228 e. The van der Waals surface area contributed by atoms with Gasteiger partial charge in [-0.25, -0.2) is 13.4 Å². The lowest BCUT2D eigenvalue weighted by atomic mass is 10.2. The Hall–Kier alpha value is -2.22. The Morgan fingerprint density at radius 2 is 1.87 bits per heavy atom. The van der Waals surface area contributed by atoms with Crippen LogP contribution in [0.2, 0.25) is 0 Å². The maximum Gasteiger partial charge on any atom is 0.228 e. The number of sulfone groups is 1. The minimum atomic E-state index is -3.44. The van der Waals surface area contributed by atoms with Crippen LogP contribution in [0.4, 0.5) is 0 Å². The van der Waals surface area contributed by atoms with Gasteiger partial charge in [-0.2, -0.15) is 0 Å². The number of benzene rings is 1. The van der Waals surface area contributed by atoms with E-state index in [9.17, 15) is 8.42 Å². The summed E-state index contributed by atoms with van der Waals surface area (Å²) in [6.45, 7) is 4.39. The Labute approximate surface area is 134 Å². The number of imidazole rings is 1. The molecule has 0 unspecified atom stereocenters. The molecular weight excluding hydrogens is 314 g/mol. The van der Waals surface area contributed by atoms with Crippen molar-refractivity contribution in [1.82, 2.24) is 24.3 Å². The largest absolute Gasteiger partial charge is 0.316 e. The van der Waals surface area contributed by atoms with Crippen molar-refractivity contribution in [1.29, 1.82) is 0 Å². The first kappa shape index (κ1) is 15.7. The molecule has 0 fully saturated rings. The summed E-state index contributed by atoms with van der Waals surface area (Å²) in [6.07, 6.45) is 1.17. The van der Waals surface area contributed by atoms with Gasteiger partial charge >= 0.3 is 0 Å². The van der Waals surface area contributed by atoms with Crippen LogP contribution in [0.25, 0.3) is 11.0 Å². The summed E-state index contributed by atoms with van der Waals surface area (Å²) in [5.74, 6) is 1.81. The van der Waals surface area contributed by atoms with E-state index in [0.717, 1.165) is 11.3 Å². The molecular formula is C15H19N5O2S. The second-order valence-electron chi connectivity index (χ2n) is 5.93. The normalized spacial score (nSPS) is 12.4. The molecule has 0 saturated carbocycles. The van der Waals surface area contributed by atoms with Crippen LogP contribution in [0.15, 0.2) is 29.4 Å². The lowest BCUT2D eigenvalue weighted by Crippen LogP contribution is -2.13. The molecule has 2 aromatic heterocycles. The van der Waals surface area contributed by atoms with Crippen LogP contribution in [0, 0.1) is 0 Å². The molecule has 0 amide bonds. The molecule has 7 nitrogen and oxygen atoms in total. The van der Waals surface area contributed by atoms with Gasteiger partial charge in [0, 0.05) is 19.2 Å². The van der Waals surface area contributed by atoms with E-state index < -0.39 is 9.84 Å². The average molecular weight is 333 g/mol. The highest BCUT2D eigenvalue weighted by molar-refractivity contribution is 7.90. The molecule has 3 aromatic rings. The zero-order chi connectivity index (χ0) is 16.8. The lowest BCUT2D eigenvalue weighted by Gasteiger charge is -2.09. The minimum absolute atomic E-state index is 0.0489. The predicted molar refractivity (Wildman–Crippen MR) is 87.0 cm³/mol. The number of rotatable bonds is 4. The van der Waals surface area contributed by atoms with E-state index in [1.54, 1.807) is 10.6 Å². The fourth-order valence-corrected chi connectivity index (χ4v) is 3.47. The van der Waals surface area contributed by atoms with Crippen molar-refractivity contribution in [3.8, 4) is 0 Å². The predicted octanol–water partition coefficient (Wildman–Crippen LogP) is 1.74. The van der Waals surface area contributed by atoms with Crippen LogP contribution in [-0.4, -0.2) is 39.0 Å². The van der Waals surface area contributed by atoms with Gasteiger partial charge < -0.3 is 9.13 Å². The van der Waals surface area contributed by atoms with Crippen molar-refractivity contribution in [2.24, 2.45) is 7.05 Å². The monoisotopic (exact) mass is 333 g/mol. The molecule has 0 radical (unpaired) electrons. The molecule has 3 rings (SSSR count). The van der Waals surface area contributed by atoms with E-state index in [0.29, 0.717) is 17.9 Å². The quantitative estimate of drug-likeness (QED) is 0.726. The fourth-order valence-electron chi connectivity index (χ4n) is 2.65. The highest BCUT2D eigenvalue weighted by Gasteiger charge is 2.21. The number of aromatic nitrogens is 5. The first-order valence-corrected chi connectivity index (χ1v) is 9.21. The summed E-state index contributed by atoms with van der Waals surface area (Å²) in [7, 11) is -1.55. The van der Waals surface area contributed by atoms with E-state index in [1.165, 1.54) is 6.26 Å². The SMILES string of the molecule is CC(C)c1nnc(Cn2c(S(C)(=O)=O)nc3ccccc32)n1C. The zero-order valence-corrected chi connectivity index (χ0v) is 14.4. The van der Waals surface area contributed by atoms with Crippen LogP contribution in [0.1, 0.15) is 31.4 Å². The Bertz CT molecular complexity index is 969. The van der Waals surface area contributed by atoms with E-state index >= 15 is 0 Å². The molecule has 0 N–H and O–H groups in total. The molecule has 0 aliphatic carbocycles. The fraction of sp³-hybridized carbons (Fsp3) is 0.400. The van der Waals surface area contributed by atoms with Gasteiger partial charge in [0.15, 0.2) is 5.82 Å². The average Bonchev–Trinajstić information content (AvgIpc) is 3.01. The molecule has 8 heteroatoms. The van der Waals surface area contributed by atoms with Gasteiger partial charge in [-0.1, -0.05) is 26.0 Å². The number of fused-ring (bicyclic) bond motifs is 1. The van der Waals surface area contributed by atoms with Gasteiger partial charge in [-0.05, 0) is 12.1 Å². The van der Waals surface area contributed by atoms with Crippen LogP contribution in [0.5, 0.6) is 0 Å². The first-order chi connectivity index (χ1) is 10.8. The van der Waals surface area contributed by atoms with E-state index in [2.05, 4.69) is 15.2 Å². The highest BCUT2D eigenvalue weighted by atomic mass is 32.2. The zero-order valence-electron chi connectivity index (χ0n) is 13.6. The number of hydrogen-bond acceptors (Lipinski definition) is 5. The molecule has 2 heterocycles. The molecule has 0 aliphatic rings. The third kappa shape index (κ3) is 2.74. The summed E-state index contributed by atoms with van der Waals surface area (Å²) >= 11 is 0. The topological polar surface area (TPSA) is 82.7 Å². The summed E-state index contributed by atoms with van der Waals surface area (Å²) in [4.78, 5) is 4.27. The van der Waals surface area contributed by atoms with Crippen molar-refractivity contribution in [2.75, 3.05) is 6.26 Å². The maximum atomic E-state index is 12.1. The van der Waals surface area contributed by atoms with Crippen molar-refractivity contribution >= 4 is 20.9 Å². The van der Waals surface area contributed by atoms with Crippen molar-refractivity contribution < 1.29 is 8.42 Å². The second kappa shape index (κ2) is 5.45. The van der Waals surface area contributed by atoms with Crippen LogP contribution >= 0.6 is 0 Å². The van der Waals surface area contributed by atoms with Crippen molar-refractivity contribution in [2.45, 2.75) is 31.5 Å². The van der Waals surface area contributed by atoms with E-state index in [4.69, 9.17) is 0 Å². The Morgan fingerprint density at radius 3 is 2.48 bits per heavy atom. The maximum absolute atomic E-state index is 12.1. The van der Waals surface area contributed by atoms with Gasteiger partial charge in [0.05, 0.1) is 17.6 Å². The summed E-state index contributed by atoms with van der Waals surface area (Å²) < 4.78 is 27.8. The van der Waals surface area contributed by atoms with Gasteiger partial charge in [0.2, 0.25) is 15.0 Å². The van der Waals surface area contributed by atoms with Gasteiger partial charge in [-0.3, -0.25) is 0 Å². The molecule has 0 bridgehead atoms. The first-order valence-electron chi connectivity index (χ1n) is 7.32.